The molecule has 0 amide bonds. The van der Waals surface area contributed by atoms with Crippen LogP contribution in [-0.2, 0) is 0 Å². The topological polar surface area (TPSA) is 23.5 Å². The maximum absolute atomic E-state index is 10.8. The lowest BCUT2D eigenvalue weighted by molar-refractivity contribution is -0.0525. The number of aliphatic hydroxyl groups excluding tert-OH is 1. The maximum Gasteiger partial charge on any atom is 0.115 e. The Morgan fingerprint density at radius 2 is 2.00 bits per heavy atom. The van der Waals surface area contributed by atoms with Gasteiger partial charge < -0.3 is 5.11 Å². The molecule has 0 spiro atoms. The summed E-state index contributed by atoms with van der Waals surface area (Å²) in [6.07, 6.45) is 2.76. The van der Waals surface area contributed by atoms with Crippen molar-refractivity contribution in [1.29, 1.82) is 0 Å². The summed E-state index contributed by atoms with van der Waals surface area (Å²) >= 11 is 14.3. The minimum absolute atomic E-state index is 0.116. The van der Waals surface area contributed by atoms with Crippen LogP contribution in [0.5, 0.6) is 0 Å². The predicted octanol–water partition coefficient (Wildman–Crippen LogP) is 5.63. The molecule has 5 heteroatoms. The van der Waals surface area contributed by atoms with Gasteiger partial charge in [-0.15, -0.1) is 11.3 Å². The Bertz CT molecular complexity index is 669. The van der Waals surface area contributed by atoms with Crippen LogP contribution >= 0.6 is 34.5 Å². The minimum atomic E-state index is -0.418. The fourth-order valence-corrected chi connectivity index (χ4v) is 4.58. The van der Waals surface area contributed by atoms with Crippen LogP contribution in [0.1, 0.15) is 37.0 Å². The quantitative estimate of drug-likeness (QED) is 0.712. The third kappa shape index (κ3) is 3.59. The zero-order valence-electron chi connectivity index (χ0n) is 13.1. The van der Waals surface area contributed by atoms with E-state index >= 15 is 0 Å². The first kappa shape index (κ1) is 17.2. The van der Waals surface area contributed by atoms with Crippen LogP contribution in [-0.4, -0.2) is 29.3 Å². The van der Waals surface area contributed by atoms with Crippen molar-refractivity contribution in [3.8, 4) is 11.1 Å². The molecule has 1 aliphatic heterocycles. The van der Waals surface area contributed by atoms with Crippen molar-refractivity contribution in [2.75, 3.05) is 13.1 Å². The van der Waals surface area contributed by atoms with Crippen molar-refractivity contribution in [2.45, 2.75) is 38.3 Å². The summed E-state index contributed by atoms with van der Waals surface area (Å²) in [6.45, 7) is 4.13. The Kier molecular flexibility index (Phi) is 5.65. The molecule has 0 aliphatic carbocycles. The SMILES string of the molecule is CCCC(c1sccc1-c1cc(Cl)ccc1Cl)C(O)N1CCC1. The first-order chi connectivity index (χ1) is 11.1. The van der Waals surface area contributed by atoms with Crippen LogP contribution in [0, 0.1) is 0 Å². The number of hydrogen-bond donors (Lipinski definition) is 1. The van der Waals surface area contributed by atoms with Gasteiger partial charge in [0.2, 0.25) is 0 Å². The molecule has 2 nitrogen and oxygen atoms in total. The molecule has 3 rings (SSSR count). The lowest BCUT2D eigenvalue weighted by Gasteiger charge is -2.39. The molecule has 2 unspecified atom stereocenters. The summed E-state index contributed by atoms with van der Waals surface area (Å²) in [7, 11) is 0. The van der Waals surface area contributed by atoms with E-state index < -0.39 is 6.23 Å². The average Bonchev–Trinajstić information content (AvgIpc) is 2.94. The number of nitrogens with zero attached hydrogens (tertiary/aromatic N) is 1. The van der Waals surface area contributed by atoms with Crippen LogP contribution < -0.4 is 0 Å². The molecule has 2 atom stereocenters. The molecule has 0 radical (unpaired) electrons. The summed E-state index contributed by atoms with van der Waals surface area (Å²) in [5.74, 6) is 0.116. The first-order valence-electron chi connectivity index (χ1n) is 8.06. The second-order valence-electron chi connectivity index (χ2n) is 6.02. The number of rotatable bonds is 6. The molecule has 1 aliphatic rings. The van der Waals surface area contributed by atoms with Crippen molar-refractivity contribution >= 4 is 34.5 Å². The van der Waals surface area contributed by atoms with Crippen LogP contribution in [0.4, 0.5) is 0 Å². The fraction of sp³-hybridized carbons (Fsp3) is 0.444. The molecule has 1 aromatic carbocycles. The minimum Gasteiger partial charge on any atom is -0.378 e. The van der Waals surface area contributed by atoms with E-state index in [-0.39, 0.29) is 5.92 Å². The summed E-state index contributed by atoms with van der Waals surface area (Å²) in [5.41, 5.74) is 2.05. The Hall–Kier alpha value is -0.580. The zero-order valence-corrected chi connectivity index (χ0v) is 15.5. The number of thiophene rings is 1. The molecule has 124 valence electrons. The second kappa shape index (κ2) is 7.54. The molecule has 2 aromatic rings. The molecule has 1 N–H and O–H groups in total. The van der Waals surface area contributed by atoms with Crippen molar-refractivity contribution < 1.29 is 5.11 Å². The molecule has 1 fully saturated rings. The number of halogens is 2. The average molecular weight is 370 g/mol. The van der Waals surface area contributed by atoms with Crippen molar-refractivity contribution in [3.63, 3.8) is 0 Å². The standard InChI is InChI=1S/C18H21Cl2NOS/c1-2-4-14(18(22)21-8-3-9-21)17-13(7-10-23-17)15-11-12(19)5-6-16(15)20/h5-7,10-11,14,18,22H,2-4,8-9H2,1H3. The van der Waals surface area contributed by atoms with Crippen LogP contribution in [0.3, 0.4) is 0 Å². The summed E-state index contributed by atoms with van der Waals surface area (Å²) in [4.78, 5) is 3.36. The van der Waals surface area contributed by atoms with E-state index in [0.717, 1.165) is 37.1 Å². The molecule has 1 saturated heterocycles. The van der Waals surface area contributed by atoms with E-state index in [4.69, 9.17) is 23.2 Å². The van der Waals surface area contributed by atoms with E-state index in [2.05, 4.69) is 23.3 Å². The van der Waals surface area contributed by atoms with Crippen molar-refractivity contribution in [2.24, 2.45) is 0 Å². The van der Waals surface area contributed by atoms with Gasteiger partial charge in [-0.25, -0.2) is 0 Å². The van der Waals surface area contributed by atoms with E-state index in [0.29, 0.717) is 10.0 Å². The lowest BCUT2D eigenvalue weighted by Crippen LogP contribution is -2.47. The Labute approximate surface area is 151 Å². The molecule has 23 heavy (non-hydrogen) atoms. The Morgan fingerprint density at radius 3 is 2.65 bits per heavy atom. The van der Waals surface area contributed by atoms with Gasteiger partial charge >= 0.3 is 0 Å². The van der Waals surface area contributed by atoms with Gasteiger partial charge in [0.05, 0.1) is 0 Å². The van der Waals surface area contributed by atoms with Crippen molar-refractivity contribution in [3.05, 3.63) is 44.6 Å². The zero-order chi connectivity index (χ0) is 16.4. The Morgan fingerprint density at radius 1 is 1.22 bits per heavy atom. The van der Waals surface area contributed by atoms with Gasteiger partial charge in [0.15, 0.2) is 0 Å². The van der Waals surface area contributed by atoms with Gasteiger partial charge in [-0.05, 0) is 48.1 Å². The van der Waals surface area contributed by atoms with Crippen LogP contribution in [0.25, 0.3) is 11.1 Å². The third-order valence-electron chi connectivity index (χ3n) is 4.47. The number of likely N-dealkylation sites (tertiary alicyclic amines) is 1. The van der Waals surface area contributed by atoms with Gasteiger partial charge in [-0.2, -0.15) is 0 Å². The molecular formula is C18H21Cl2NOS. The summed E-state index contributed by atoms with van der Waals surface area (Å²) in [5, 5.41) is 14.3. The van der Waals surface area contributed by atoms with E-state index in [9.17, 15) is 5.11 Å². The lowest BCUT2D eigenvalue weighted by atomic mass is 9.92. The largest absolute Gasteiger partial charge is 0.378 e. The summed E-state index contributed by atoms with van der Waals surface area (Å²) in [6, 6.07) is 7.64. The van der Waals surface area contributed by atoms with E-state index in [1.165, 1.54) is 11.3 Å². The monoisotopic (exact) mass is 369 g/mol. The maximum atomic E-state index is 10.8. The fourth-order valence-electron chi connectivity index (χ4n) is 3.12. The van der Waals surface area contributed by atoms with Gasteiger partial charge in [0.25, 0.3) is 0 Å². The highest BCUT2D eigenvalue weighted by molar-refractivity contribution is 7.10. The van der Waals surface area contributed by atoms with Crippen molar-refractivity contribution in [1.82, 2.24) is 4.90 Å². The summed E-state index contributed by atoms with van der Waals surface area (Å²) < 4.78 is 0. The molecule has 0 bridgehead atoms. The smallest absolute Gasteiger partial charge is 0.115 e. The molecular weight excluding hydrogens is 349 g/mol. The number of aliphatic hydroxyl groups is 1. The third-order valence-corrected chi connectivity index (χ3v) is 6.09. The second-order valence-corrected chi connectivity index (χ2v) is 7.81. The van der Waals surface area contributed by atoms with Gasteiger partial charge in [0, 0.05) is 39.5 Å². The number of hydrogen-bond acceptors (Lipinski definition) is 3. The van der Waals surface area contributed by atoms with Gasteiger partial charge in [0.1, 0.15) is 6.23 Å². The first-order valence-corrected chi connectivity index (χ1v) is 9.70. The molecule has 0 saturated carbocycles. The van der Waals surface area contributed by atoms with E-state index in [1.807, 2.05) is 12.1 Å². The van der Waals surface area contributed by atoms with Crippen LogP contribution in [0.15, 0.2) is 29.6 Å². The number of benzene rings is 1. The molecule has 1 aromatic heterocycles. The normalized spacial score (nSPS) is 17.7. The van der Waals surface area contributed by atoms with Gasteiger partial charge in [-0.3, -0.25) is 4.90 Å². The highest BCUT2D eigenvalue weighted by Crippen LogP contribution is 2.42. The van der Waals surface area contributed by atoms with Gasteiger partial charge in [-0.1, -0.05) is 36.5 Å². The highest BCUT2D eigenvalue weighted by atomic mass is 35.5. The predicted molar refractivity (Wildman–Crippen MR) is 99.6 cm³/mol. The Balaban J connectivity index is 1.98. The molecule has 2 heterocycles. The highest BCUT2D eigenvalue weighted by Gasteiger charge is 2.32. The van der Waals surface area contributed by atoms with Crippen LogP contribution in [0.2, 0.25) is 10.0 Å². The van der Waals surface area contributed by atoms with E-state index in [1.54, 1.807) is 17.4 Å².